The number of nitrogens with one attached hydrogen (secondary N) is 1. The first-order valence-electron chi connectivity index (χ1n) is 8.26. The molecule has 1 aromatic heterocycles. The number of hydrogen-bond acceptors (Lipinski definition) is 4. The topological polar surface area (TPSA) is 65.4 Å². The van der Waals surface area contributed by atoms with Crippen LogP contribution in [0.15, 0.2) is 36.7 Å². The molecule has 2 aromatic rings. The van der Waals surface area contributed by atoms with Crippen LogP contribution in [0.1, 0.15) is 18.4 Å². The Hall–Kier alpha value is -2.34. The Bertz CT molecular complexity index is 678. The van der Waals surface area contributed by atoms with Crippen molar-refractivity contribution >= 4 is 11.6 Å². The fraction of sp³-hybridized carbons (Fsp3) is 0.444. The predicted molar refractivity (Wildman–Crippen MR) is 91.1 cm³/mol. The number of methoxy groups -OCH3 is 1. The van der Waals surface area contributed by atoms with Gasteiger partial charge < -0.3 is 14.8 Å². The summed E-state index contributed by atoms with van der Waals surface area (Å²) in [4.78, 5) is 12.2. The number of amides is 1. The van der Waals surface area contributed by atoms with E-state index in [4.69, 9.17) is 9.47 Å². The smallest absolute Gasteiger partial charge is 0.229 e. The standard InChI is InChI=1S/C18H23N3O3/c1-23-17-5-3-2-4-15(17)10-18(22)20-16-11-19-21(13-16)12-14-6-8-24-9-7-14/h2-5,11,13-14H,6-10,12H2,1H3,(H,20,22). The summed E-state index contributed by atoms with van der Waals surface area (Å²) in [6.07, 6.45) is 5.98. The highest BCUT2D eigenvalue weighted by Crippen LogP contribution is 2.19. The first-order chi connectivity index (χ1) is 11.7. The van der Waals surface area contributed by atoms with E-state index in [9.17, 15) is 4.79 Å². The van der Waals surface area contributed by atoms with E-state index in [1.54, 1.807) is 13.3 Å². The van der Waals surface area contributed by atoms with E-state index in [1.807, 2.05) is 35.1 Å². The molecular weight excluding hydrogens is 306 g/mol. The lowest BCUT2D eigenvalue weighted by Gasteiger charge is -2.21. The molecule has 0 saturated carbocycles. The van der Waals surface area contributed by atoms with Crippen molar-refractivity contribution in [3.63, 3.8) is 0 Å². The van der Waals surface area contributed by atoms with E-state index in [2.05, 4.69) is 10.4 Å². The summed E-state index contributed by atoms with van der Waals surface area (Å²) in [5.41, 5.74) is 1.59. The number of hydrogen-bond donors (Lipinski definition) is 1. The molecule has 1 amide bonds. The Kier molecular flexibility index (Phi) is 5.48. The van der Waals surface area contributed by atoms with Gasteiger partial charge in [0.2, 0.25) is 5.91 Å². The highest BCUT2D eigenvalue weighted by Gasteiger charge is 2.15. The van der Waals surface area contributed by atoms with Crippen LogP contribution in [0, 0.1) is 5.92 Å². The van der Waals surface area contributed by atoms with Gasteiger partial charge in [0.1, 0.15) is 5.75 Å². The van der Waals surface area contributed by atoms with Crippen LogP contribution in [0.25, 0.3) is 0 Å². The third-order valence-electron chi connectivity index (χ3n) is 4.25. The van der Waals surface area contributed by atoms with Crippen LogP contribution in [0.5, 0.6) is 5.75 Å². The number of carbonyl (C=O) groups excluding carboxylic acids is 1. The molecule has 6 nitrogen and oxygen atoms in total. The average molecular weight is 329 g/mol. The molecule has 24 heavy (non-hydrogen) atoms. The van der Waals surface area contributed by atoms with E-state index < -0.39 is 0 Å². The van der Waals surface area contributed by atoms with E-state index in [0.717, 1.165) is 49.6 Å². The zero-order valence-corrected chi connectivity index (χ0v) is 13.9. The largest absolute Gasteiger partial charge is 0.496 e. The third-order valence-corrected chi connectivity index (χ3v) is 4.25. The monoisotopic (exact) mass is 329 g/mol. The predicted octanol–water partition coefficient (Wildman–Crippen LogP) is 2.50. The van der Waals surface area contributed by atoms with Crippen LogP contribution in [-0.2, 0) is 22.5 Å². The molecule has 0 atom stereocenters. The van der Waals surface area contributed by atoms with Crippen molar-refractivity contribution in [1.29, 1.82) is 0 Å². The summed E-state index contributed by atoms with van der Waals surface area (Å²) < 4.78 is 12.5. The lowest BCUT2D eigenvalue weighted by molar-refractivity contribution is -0.115. The average Bonchev–Trinajstić information content (AvgIpc) is 3.03. The molecule has 1 fully saturated rings. The zero-order valence-electron chi connectivity index (χ0n) is 13.9. The lowest BCUT2D eigenvalue weighted by Crippen LogP contribution is -2.20. The zero-order chi connectivity index (χ0) is 16.8. The fourth-order valence-corrected chi connectivity index (χ4v) is 2.95. The van der Waals surface area contributed by atoms with Gasteiger partial charge in [-0.05, 0) is 24.8 Å². The minimum Gasteiger partial charge on any atom is -0.496 e. The van der Waals surface area contributed by atoms with Gasteiger partial charge in [0, 0.05) is 31.5 Å². The highest BCUT2D eigenvalue weighted by molar-refractivity contribution is 5.92. The van der Waals surface area contributed by atoms with Crippen molar-refractivity contribution in [2.75, 3.05) is 25.6 Å². The third kappa shape index (κ3) is 4.35. The van der Waals surface area contributed by atoms with Crippen molar-refractivity contribution < 1.29 is 14.3 Å². The second kappa shape index (κ2) is 7.97. The molecule has 1 aliphatic heterocycles. The Balaban J connectivity index is 1.55. The van der Waals surface area contributed by atoms with E-state index in [-0.39, 0.29) is 12.3 Å². The molecule has 0 aliphatic carbocycles. The van der Waals surface area contributed by atoms with Crippen LogP contribution < -0.4 is 10.1 Å². The van der Waals surface area contributed by atoms with Gasteiger partial charge in [-0.2, -0.15) is 5.10 Å². The van der Waals surface area contributed by atoms with Crippen molar-refractivity contribution in [2.45, 2.75) is 25.8 Å². The van der Waals surface area contributed by atoms with Crippen molar-refractivity contribution in [2.24, 2.45) is 5.92 Å². The minimum absolute atomic E-state index is 0.0786. The van der Waals surface area contributed by atoms with Crippen LogP contribution >= 0.6 is 0 Å². The number of nitrogens with zero attached hydrogens (tertiary/aromatic N) is 2. The molecule has 6 heteroatoms. The SMILES string of the molecule is COc1ccccc1CC(=O)Nc1cnn(CC2CCOCC2)c1. The maximum atomic E-state index is 12.2. The minimum atomic E-state index is -0.0786. The maximum absolute atomic E-state index is 12.2. The van der Waals surface area contributed by atoms with Crippen LogP contribution in [-0.4, -0.2) is 36.0 Å². The Morgan fingerprint density at radius 1 is 1.38 bits per heavy atom. The maximum Gasteiger partial charge on any atom is 0.229 e. The lowest BCUT2D eigenvalue weighted by atomic mass is 10.0. The van der Waals surface area contributed by atoms with Crippen molar-refractivity contribution in [1.82, 2.24) is 9.78 Å². The Labute approximate surface area is 141 Å². The molecule has 0 spiro atoms. The molecule has 1 saturated heterocycles. The number of para-hydroxylation sites is 1. The quantitative estimate of drug-likeness (QED) is 0.884. The number of benzene rings is 1. The number of aromatic nitrogens is 2. The van der Waals surface area contributed by atoms with Crippen molar-refractivity contribution in [3.05, 3.63) is 42.2 Å². The number of rotatable bonds is 6. The van der Waals surface area contributed by atoms with Gasteiger partial charge in [-0.25, -0.2) is 0 Å². The summed E-state index contributed by atoms with van der Waals surface area (Å²) in [5.74, 6) is 1.24. The molecular formula is C18H23N3O3. The van der Waals surface area contributed by atoms with Gasteiger partial charge in [0.15, 0.2) is 0 Å². The van der Waals surface area contributed by atoms with Gasteiger partial charge in [-0.15, -0.1) is 0 Å². The normalized spacial score (nSPS) is 15.2. The van der Waals surface area contributed by atoms with Crippen LogP contribution in [0.2, 0.25) is 0 Å². The van der Waals surface area contributed by atoms with E-state index in [0.29, 0.717) is 5.92 Å². The summed E-state index contributed by atoms with van der Waals surface area (Å²) in [6, 6.07) is 7.54. The van der Waals surface area contributed by atoms with Gasteiger partial charge in [0.05, 0.1) is 25.4 Å². The first kappa shape index (κ1) is 16.5. The molecule has 1 aromatic carbocycles. The summed E-state index contributed by atoms with van der Waals surface area (Å²) in [7, 11) is 1.61. The molecule has 0 unspecified atom stereocenters. The molecule has 2 heterocycles. The van der Waals surface area contributed by atoms with Gasteiger partial charge in [-0.3, -0.25) is 9.48 Å². The van der Waals surface area contributed by atoms with Crippen LogP contribution in [0.3, 0.4) is 0 Å². The van der Waals surface area contributed by atoms with E-state index in [1.165, 1.54) is 0 Å². The molecule has 0 radical (unpaired) electrons. The summed E-state index contributed by atoms with van der Waals surface area (Å²) in [5, 5.41) is 7.24. The number of ether oxygens (including phenoxy) is 2. The highest BCUT2D eigenvalue weighted by atomic mass is 16.5. The Morgan fingerprint density at radius 3 is 2.96 bits per heavy atom. The molecule has 128 valence electrons. The van der Waals surface area contributed by atoms with Gasteiger partial charge in [-0.1, -0.05) is 18.2 Å². The fourth-order valence-electron chi connectivity index (χ4n) is 2.95. The molecule has 1 N–H and O–H groups in total. The van der Waals surface area contributed by atoms with E-state index >= 15 is 0 Å². The molecule has 3 rings (SSSR count). The molecule has 0 bridgehead atoms. The molecule has 1 aliphatic rings. The van der Waals surface area contributed by atoms with Crippen molar-refractivity contribution in [3.8, 4) is 5.75 Å². The second-order valence-corrected chi connectivity index (χ2v) is 6.04. The second-order valence-electron chi connectivity index (χ2n) is 6.04. The van der Waals surface area contributed by atoms with Gasteiger partial charge >= 0.3 is 0 Å². The number of anilines is 1. The summed E-state index contributed by atoms with van der Waals surface area (Å²) >= 11 is 0. The van der Waals surface area contributed by atoms with Gasteiger partial charge in [0.25, 0.3) is 0 Å². The number of carbonyl (C=O) groups is 1. The Morgan fingerprint density at radius 2 is 2.17 bits per heavy atom. The summed E-state index contributed by atoms with van der Waals surface area (Å²) in [6.45, 7) is 2.52. The first-order valence-corrected chi connectivity index (χ1v) is 8.26. The van der Waals surface area contributed by atoms with Crippen LogP contribution in [0.4, 0.5) is 5.69 Å².